The van der Waals surface area contributed by atoms with E-state index in [1.807, 2.05) is 17.0 Å². The number of nitrogens with one attached hydrogen (secondary N) is 2. The van der Waals surface area contributed by atoms with Crippen molar-refractivity contribution >= 4 is 17.7 Å². The van der Waals surface area contributed by atoms with Crippen LogP contribution in [0.15, 0.2) is 48.5 Å². The Morgan fingerprint density at radius 2 is 1.66 bits per heavy atom. The summed E-state index contributed by atoms with van der Waals surface area (Å²) in [6, 6.07) is 11.6. The van der Waals surface area contributed by atoms with Crippen LogP contribution < -0.4 is 10.6 Å². The number of benzene rings is 2. The van der Waals surface area contributed by atoms with Gasteiger partial charge >= 0.3 is 6.18 Å². The number of halogens is 3. The van der Waals surface area contributed by atoms with E-state index in [1.54, 1.807) is 12.1 Å². The third kappa shape index (κ3) is 6.73. The standard InChI is InChI=1S/C30H35F3N4O4/c31-30(32,33)23-4-1-3-21(17-23)27(39)34-18-26(38)35-24-11-16-37(19-24)25-9-12-29(41,13-10-25)22-7-5-20(6-8-22)28(40)36-14-2-15-36/h1,3-8,17,24-25,41H,2,9-16,18-19H2,(H,34,39)(H,35,38)/t24-,25?,29?/m1/s1. The molecule has 0 unspecified atom stereocenters. The van der Waals surface area contributed by atoms with Gasteiger partial charge < -0.3 is 20.6 Å². The van der Waals surface area contributed by atoms with Crippen LogP contribution in [0.1, 0.15) is 70.4 Å². The number of aliphatic hydroxyl groups is 1. The van der Waals surface area contributed by atoms with Crippen molar-refractivity contribution in [1.82, 2.24) is 20.4 Å². The fourth-order valence-corrected chi connectivity index (χ4v) is 5.97. The van der Waals surface area contributed by atoms with E-state index in [0.29, 0.717) is 24.9 Å². The predicted molar refractivity (Wildman–Crippen MR) is 145 cm³/mol. The molecule has 0 spiro atoms. The number of alkyl halides is 3. The van der Waals surface area contributed by atoms with E-state index >= 15 is 0 Å². The second kappa shape index (κ2) is 11.8. The maximum atomic E-state index is 12.9. The number of carbonyl (C=O) groups excluding carboxylic acids is 3. The van der Waals surface area contributed by atoms with Crippen molar-refractivity contribution in [2.75, 3.05) is 32.7 Å². The minimum atomic E-state index is -4.56. The highest BCUT2D eigenvalue weighted by Gasteiger charge is 2.39. The Bertz CT molecular complexity index is 1270. The summed E-state index contributed by atoms with van der Waals surface area (Å²) in [5.41, 5.74) is -0.539. The van der Waals surface area contributed by atoms with Crippen molar-refractivity contribution in [3.8, 4) is 0 Å². The average Bonchev–Trinajstić information content (AvgIpc) is 3.39. The van der Waals surface area contributed by atoms with E-state index in [2.05, 4.69) is 15.5 Å². The van der Waals surface area contributed by atoms with Gasteiger partial charge in [0.25, 0.3) is 11.8 Å². The number of hydrogen-bond donors (Lipinski definition) is 3. The van der Waals surface area contributed by atoms with Crippen molar-refractivity contribution in [1.29, 1.82) is 0 Å². The second-order valence-electron chi connectivity index (χ2n) is 11.3. The van der Waals surface area contributed by atoms with Gasteiger partial charge in [-0.15, -0.1) is 0 Å². The Hall–Kier alpha value is -3.44. The third-order valence-electron chi connectivity index (χ3n) is 8.56. The van der Waals surface area contributed by atoms with Crippen LogP contribution in [-0.2, 0) is 16.6 Å². The number of amides is 3. The topological polar surface area (TPSA) is 102 Å². The molecule has 3 fully saturated rings. The van der Waals surface area contributed by atoms with Crippen LogP contribution in [0.4, 0.5) is 13.2 Å². The van der Waals surface area contributed by atoms with Crippen molar-refractivity contribution in [3.05, 3.63) is 70.8 Å². The molecule has 3 amide bonds. The lowest BCUT2D eigenvalue weighted by Gasteiger charge is -2.40. The lowest BCUT2D eigenvalue weighted by Crippen LogP contribution is -2.45. The minimum absolute atomic E-state index is 0.0345. The molecule has 3 N–H and O–H groups in total. The van der Waals surface area contributed by atoms with Crippen LogP contribution in [0.5, 0.6) is 0 Å². The molecule has 0 radical (unpaired) electrons. The van der Waals surface area contributed by atoms with Gasteiger partial charge in [0, 0.05) is 49.4 Å². The molecule has 2 saturated heterocycles. The first kappa shape index (κ1) is 29.1. The lowest BCUT2D eigenvalue weighted by atomic mass is 9.77. The monoisotopic (exact) mass is 572 g/mol. The number of carbonyl (C=O) groups is 3. The summed E-state index contributed by atoms with van der Waals surface area (Å²) in [5.74, 6) is -1.11. The minimum Gasteiger partial charge on any atom is -0.385 e. The first-order valence-corrected chi connectivity index (χ1v) is 14.1. The molecule has 220 valence electrons. The van der Waals surface area contributed by atoms with Gasteiger partial charge in [-0.2, -0.15) is 13.2 Å². The van der Waals surface area contributed by atoms with Crippen molar-refractivity contribution in [3.63, 3.8) is 0 Å². The summed E-state index contributed by atoms with van der Waals surface area (Å²) < 4.78 is 38.7. The van der Waals surface area contributed by atoms with E-state index < -0.39 is 29.2 Å². The van der Waals surface area contributed by atoms with Gasteiger partial charge in [0.05, 0.1) is 17.7 Å². The second-order valence-corrected chi connectivity index (χ2v) is 11.3. The average molecular weight is 573 g/mol. The van der Waals surface area contributed by atoms with E-state index in [4.69, 9.17) is 0 Å². The molecular formula is C30H35F3N4O4. The predicted octanol–water partition coefficient (Wildman–Crippen LogP) is 3.30. The molecular weight excluding hydrogens is 537 g/mol. The molecule has 2 aromatic carbocycles. The molecule has 3 aliphatic rings. The highest BCUT2D eigenvalue weighted by atomic mass is 19.4. The highest BCUT2D eigenvalue weighted by molar-refractivity contribution is 5.96. The summed E-state index contributed by atoms with van der Waals surface area (Å²) in [6.45, 7) is 2.73. The molecule has 2 heterocycles. The van der Waals surface area contributed by atoms with Gasteiger partial charge in [0.15, 0.2) is 0 Å². The Kier molecular flexibility index (Phi) is 8.37. The van der Waals surface area contributed by atoms with Crippen molar-refractivity contribution in [2.24, 2.45) is 0 Å². The highest BCUT2D eigenvalue weighted by Crippen LogP contribution is 2.39. The zero-order valence-corrected chi connectivity index (χ0v) is 22.8. The zero-order valence-electron chi connectivity index (χ0n) is 22.8. The largest absolute Gasteiger partial charge is 0.416 e. The number of nitrogens with zero attached hydrogens (tertiary/aromatic N) is 2. The third-order valence-corrected chi connectivity index (χ3v) is 8.56. The van der Waals surface area contributed by atoms with Gasteiger partial charge in [-0.25, -0.2) is 0 Å². The molecule has 41 heavy (non-hydrogen) atoms. The molecule has 0 bridgehead atoms. The Morgan fingerprint density at radius 3 is 2.29 bits per heavy atom. The van der Waals surface area contributed by atoms with Crippen LogP contribution in [0.3, 0.4) is 0 Å². The SMILES string of the molecule is O=C(CNC(=O)c1cccc(C(F)(F)F)c1)N[C@@H]1CCN(C2CCC(O)(c3ccc(C(=O)N4CCC4)cc3)CC2)C1. The van der Waals surface area contributed by atoms with Crippen LogP contribution >= 0.6 is 0 Å². The first-order valence-electron chi connectivity index (χ1n) is 14.1. The number of likely N-dealkylation sites (tertiary alicyclic amines) is 2. The number of hydrogen-bond acceptors (Lipinski definition) is 5. The van der Waals surface area contributed by atoms with E-state index in [9.17, 15) is 32.7 Å². The van der Waals surface area contributed by atoms with Gasteiger partial charge in [0.2, 0.25) is 5.91 Å². The number of rotatable bonds is 7. The lowest BCUT2D eigenvalue weighted by molar-refractivity contribution is -0.137. The van der Waals surface area contributed by atoms with Crippen molar-refractivity contribution < 1.29 is 32.7 Å². The fourth-order valence-electron chi connectivity index (χ4n) is 5.97. The summed E-state index contributed by atoms with van der Waals surface area (Å²) in [6.07, 6.45) is 0.0509. The molecule has 11 heteroatoms. The van der Waals surface area contributed by atoms with Gasteiger partial charge in [-0.3, -0.25) is 19.3 Å². The smallest absolute Gasteiger partial charge is 0.385 e. The summed E-state index contributed by atoms with van der Waals surface area (Å²) >= 11 is 0. The summed E-state index contributed by atoms with van der Waals surface area (Å²) in [5, 5.41) is 16.6. The molecule has 8 nitrogen and oxygen atoms in total. The van der Waals surface area contributed by atoms with Gasteiger partial charge in [-0.05, 0) is 74.4 Å². The van der Waals surface area contributed by atoms with E-state index in [0.717, 1.165) is 69.1 Å². The first-order chi connectivity index (χ1) is 19.5. The molecule has 2 aliphatic heterocycles. The molecule has 1 saturated carbocycles. The van der Waals surface area contributed by atoms with E-state index in [1.165, 1.54) is 6.07 Å². The molecule has 5 rings (SSSR count). The summed E-state index contributed by atoms with van der Waals surface area (Å²) in [4.78, 5) is 41.3. The Morgan fingerprint density at radius 1 is 0.951 bits per heavy atom. The van der Waals surface area contributed by atoms with Gasteiger partial charge in [0.1, 0.15) is 0 Å². The Balaban J connectivity index is 1.05. The molecule has 2 aromatic rings. The molecule has 1 atom stereocenters. The van der Waals surface area contributed by atoms with Crippen LogP contribution in [0.25, 0.3) is 0 Å². The maximum Gasteiger partial charge on any atom is 0.416 e. The van der Waals surface area contributed by atoms with Crippen LogP contribution in [0, 0.1) is 0 Å². The van der Waals surface area contributed by atoms with Crippen LogP contribution in [-0.4, -0.2) is 77.4 Å². The van der Waals surface area contributed by atoms with Crippen molar-refractivity contribution in [2.45, 2.75) is 62.4 Å². The van der Waals surface area contributed by atoms with E-state index in [-0.39, 0.29) is 30.1 Å². The zero-order chi connectivity index (χ0) is 29.2. The summed E-state index contributed by atoms with van der Waals surface area (Å²) in [7, 11) is 0. The van der Waals surface area contributed by atoms with Gasteiger partial charge in [-0.1, -0.05) is 18.2 Å². The molecule has 1 aliphatic carbocycles. The maximum absolute atomic E-state index is 12.9. The van der Waals surface area contributed by atoms with Crippen LogP contribution in [0.2, 0.25) is 0 Å². The Labute approximate surface area is 236 Å². The quantitative estimate of drug-likeness (QED) is 0.473. The normalized spacial score (nSPS) is 24.9. The molecule has 0 aromatic heterocycles. The fraction of sp³-hybridized carbons (Fsp3) is 0.500.